The first kappa shape index (κ1) is 17.4. The Bertz CT molecular complexity index is 750. The molecule has 0 saturated heterocycles. The van der Waals surface area contributed by atoms with Crippen molar-refractivity contribution >= 4 is 29.5 Å². The van der Waals surface area contributed by atoms with Crippen molar-refractivity contribution in [2.75, 3.05) is 14.2 Å². The Morgan fingerprint density at radius 1 is 1.25 bits per heavy atom. The molecule has 0 fully saturated rings. The first-order valence-electron chi connectivity index (χ1n) is 6.95. The van der Waals surface area contributed by atoms with E-state index in [1.54, 1.807) is 43.6 Å². The Morgan fingerprint density at radius 2 is 2.00 bits per heavy atom. The second kappa shape index (κ2) is 8.59. The summed E-state index contributed by atoms with van der Waals surface area (Å²) in [5.41, 5.74) is 3.80. The van der Waals surface area contributed by atoms with Gasteiger partial charge in [-0.05, 0) is 48.1 Å². The van der Waals surface area contributed by atoms with Gasteiger partial charge in [-0.3, -0.25) is 10.4 Å². The average Bonchev–Trinajstić information content (AvgIpc) is 2.63. The maximum absolute atomic E-state index is 12.1. The lowest BCUT2D eigenvalue weighted by atomic mass is 10.2. The molecule has 0 radical (unpaired) electrons. The Hall–Kier alpha value is -3.00. The monoisotopic (exact) mass is 344 g/mol. The lowest BCUT2D eigenvalue weighted by Gasteiger charge is -2.10. The van der Waals surface area contributed by atoms with Crippen LogP contribution >= 0.6 is 12.2 Å². The molecule has 2 N–H and O–H groups in total. The second-order valence-corrected chi connectivity index (χ2v) is 4.89. The number of carbonyl (C=O) groups excluding carboxylic acids is 1. The smallest absolute Gasteiger partial charge is 0.343 e. The summed E-state index contributed by atoms with van der Waals surface area (Å²) < 4.78 is 10.6. The fraction of sp³-hybridized carbons (Fsp3) is 0.125. The van der Waals surface area contributed by atoms with Gasteiger partial charge >= 0.3 is 5.97 Å². The molecule has 2 aromatic rings. The average molecular weight is 344 g/mol. The molecule has 0 saturated carbocycles. The fourth-order valence-corrected chi connectivity index (χ4v) is 1.77. The molecule has 1 aromatic carbocycles. The molecular formula is C16H16N4O3S. The summed E-state index contributed by atoms with van der Waals surface area (Å²) in [4.78, 5) is 15.9. The molecule has 0 aliphatic rings. The summed E-state index contributed by atoms with van der Waals surface area (Å²) in [6.45, 7) is 0. The molecule has 124 valence electrons. The van der Waals surface area contributed by atoms with Crippen molar-refractivity contribution in [3.8, 4) is 11.5 Å². The van der Waals surface area contributed by atoms with Crippen molar-refractivity contribution < 1.29 is 14.3 Å². The van der Waals surface area contributed by atoms with Crippen LogP contribution in [0.3, 0.4) is 0 Å². The minimum absolute atomic E-state index is 0.315. The molecular weight excluding hydrogens is 328 g/mol. The zero-order valence-electron chi connectivity index (χ0n) is 13.1. The number of rotatable bonds is 5. The van der Waals surface area contributed by atoms with Crippen molar-refractivity contribution in [2.45, 2.75) is 0 Å². The van der Waals surface area contributed by atoms with E-state index in [1.807, 2.05) is 0 Å². The third-order valence-corrected chi connectivity index (χ3v) is 3.21. The van der Waals surface area contributed by atoms with Crippen LogP contribution in [0.2, 0.25) is 0 Å². The Labute approximate surface area is 144 Å². The van der Waals surface area contributed by atoms with Crippen LogP contribution in [0.1, 0.15) is 15.9 Å². The lowest BCUT2D eigenvalue weighted by Crippen LogP contribution is -2.28. The van der Waals surface area contributed by atoms with Gasteiger partial charge in [0.15, 0.2) is 16.6 Å². The van der Waals surface area contributed by atoms with E-state index in [4.69, 9.17) is 21.7 Å². The van der Waals surface area contributed by atoms with E-state index in [0.29, 0.717) is 22.2 Å². The number of aromatic nitrogens is 1. The highest BCUT2D eigenvalue weighted by Crippen LogP contribution is 2.28. The summed E-state index contributed by atoms with van der Waals surface area (Å²) in [5, 5.41) is 7.12. The summed E-state index contributed by atoms with van der Waals surface area (Å²) in [7, 11) is 3.19. The van der Waals surface area contributed by atoms with Crippen LogP contribution in [-0.4, -0.2) is 36.4 Å². The first-order valence-corrected chi connectivity index (χ1v) is 7.36. The van der Waals surface area contributed by atoms with Crippen molar-refractivity contribution in [2.24, 2.45) is 5.10 Å². The van der Waals surface area contributed by atoms with Crippen LogP contribution < -0.4 is 20.2 Å². The molecule has 0 unspecified atom stereocenters. The van der Waals surface area contributed by atoms with E-state index in [-0.39, 0.29) is 0 Å². The Balaban J connectivity index is 2.11. The SMILES string of the molecule is CNC(=S)N/N=C\c1ccc(OC(=O)c2ccncc2)c(OC)c1. The van der Waals surface area contributed by atoms with Crippen LogP contribution in [0.25, 0.3) is 0 Å². The molecule has 0 amide bonds. The zero-order chi connectivity index (χ0) is 17.4. The van der Waals surface area contributed by atoms with Gasteiger partial charge in [-0.2, -0.15) is 5.10 Å². The van der Waals surface area contributed by atoms with Gasteiger partial charge in [0.1, 0.15) is 0 Å². The maximum atomic E-state index is 12.1. The van der Waals surface area contributed by atoms with Crippen LogP contribution in [0.5, 0.6) is 11.5 Å². The van der Waals surface area contributed by atoms with Gasteiger partial charge in [-0.25, -0.2) is 4.79 Å². The van der Waals surface area contributed by atoms with Gasteiger partial charge in [-0.15, -0.1) is 0 Å². The number of hydrazone groups is 1. The summed E-state index contributed by atoms with van der Waals surface area (Å²) >= 11 is 4.91. The second-order valence-electron chi connectivity index (χ2n) is 4.48. The number of nitrogens with zero attached hydrogens (tertiary/aromatic N) is 2. The molecule has 0 spiro atoms. The molecule has 7 nitrogen and oxygen atoms in total. The molecule has 8 heteroatoms. The largest absolute Gasteiger partial charge is 0.493 e. The third kappa shape index (κ3) is 4.75. The van der Waals surface area contributed by atoms with Gasteiger partial charge in [0.05, 0.1) is 18.9 Å². The third-order valence-electron chi connectivity index (χ3n) is 2.91. The number of ether oxygens (including phenoxy) is 2. The number of hydrogen-bond acceptors (Lipinski definition) is 6. The number of nitrogens with one attached hydrogen (secondary N) is 2. The van der Waals surface area contributed by atoms with Crippen LogP contribution in [-0.2, 0) is 0 Å². The maximum Gasteiger partial charge on any atom is 0.343 e. The topological polar surface area (TPSA) is 84.8 Å². The van der Waals surface area contributed by atoms with Gasteiger partial charge in [0, 0.05) is 19.4 Å². The number of hydrogen-bond donors (Lipinski definition) is 2. The molecule has 1 heterocycles. The van der Waals surface area contributed by atoms with E-state index in [0.717, 1.165) is 5.56 Å². The predicted molar refractivity (Wildman–Crippen MR) is 94.6 cm³/mol. The summed E-state index contributed by atoms with van der Waals surface area (Å²) in [6, 6.07) is 8.22. The molecule has 0 aliphatic carbocycles. The van der Waals surface area contributed by atoms with E-state index >= 15 is 0 Å². The molecule has 0 bridgehead atoms. The van der Waals surface area contributed by atoms with Crippen LogP contribution in [0, 0.1) is 0 Å². The molecule has 0 atom stereocenters. The highest BCUT2D eigenvalue weighted by Gasteiger charge is 2.12. The fourth-order valence-electron chi connectivity index (χ4n) is 1.72. The van der Waals surface area contributed by atoms with Gasteiger partial charge in [0.2, 0.25) is 0 Å². The van der Waals surface area contributed by atoms with E-state index in [9.17, 15) is 4.79 Å². The number of methoxy groups -OCH3 is 1. The van der Waals surface area contributed by atoms with Gasteiger partial charge in [0.25, 0.3) is 0 Å². The van der Waals surface area contributed by atoms with Crippen molar-refractivity contribution in [3.05, 3.63) is 53.9 Å². The molecule has 24 heavy (non-hydrogen) atoms. The highest BCUT2D eigenvalue weighted by atomic mass is 32.1. The lowest BCUT2D eigenvalue weighted by molar-refractivity contribution is 0.0729. The normalized spacial score (nSPS) is 10.2. The molecule has 2 rings (SSSR count). The quantitative estimate of drug-likeness (QED) is 0.281. The summed E-state index contributed by atoms with van der Waals surface area (Å²) in [6.07, 6.45) is 4.62. The number of pyridine rings is 1. The van der Waals surface area contributed by atoms with Crippen molar-refractivity contribution in [3.63, 3.8) is 0 Å². The van der Waals surface area contributed by atoms with E-state index in [1.165, 1.54) is 19.5 Å². The molecule has 0 aliphatic heterocycles. The number of benzene rings is 1. The Morgan fingerprint density at radius 3 is 2.67 bits per heavy atom. The van der Waals surface area contributed by atoms with E-state index < -0.39 is 5.97 Å². The number of carbonyl (C=O) groups is 1. The van der Waals surface area contributed by atoms with Gasteiger partial charge < -0.3 is 14.8 Å². The van der Waals surface area contributed by atoms with Crippen molar-refractivity contribution in [1.29, 1.82) is 0 Å². The van der Waals surface area contributed by atoms with E-state index in [2.05, 4.69) is 20.8 Å². The van der Waals surface area contributed by atoms with Crippen molar-refractivity contribution in [1.82, 2.24) is 15.7 Å². The first-order chi connectivity index (χ1) is 11.6. The Kier molecular flexibility index (Phi) is 6.21. The minimum Gasteiger partial charge on any atom is -0.493 e. The minimum atomic E-state index is -0.488. The number of esters is 1. The highest BCUT2D eigenvalue weighted by molar-refractivity contribution is 7.80. The zero-order valence-corrected chi connectivity index (χ0v) is 14.0. The predicted octanol–water partition coefficient (Wildman–Crippen LogP) is 1.74. The summed E-state index contributed by atoms with van der Waals surface area (Å²) in [5.74, 6) is 0.242. The molecule has 1 aromatic heterocycles. The standard InChI is InChI=1S/C16H16N4O3S/c1-17-16(24)20-19-10-11-3-4-13(14(9-11)22-2)23-15(21)12-5-7-18-8-6-12/h3-10H,1-2H3,(H2,17,20,24)/b19-10-. The van der Waals surface area contributed by atoms with Gasteiger partial charge in [-0.1, -0.05) is 0 Å². The van der Waals surface area contributed by atoms with Crippen LogP contribution in [0.4, 0.5) is 0 Å². The number of thiocarbonyl (C=S) groups is 1. The van der Waals surface area contributed by atoms with Crippen LogP contribution in [0.15, 0.2) is 47.8 Å².